The lowest BCUT2D eigenvalue weighted by Crippen LogP contribution is -2.18. The average molecular weight is 285 g/mol. The number of rotatable bonds is 4. The Hall–Kier alpha value is -1.87. The summed E-state index contributed by atoms with van der Waals surface area (Å²) in [6, 6.07) is 12.7. The van der Waals surface area contributed by atoms with E-state index in [9.17, 15) is 4.39 Å². The first-order valence-corrected chi connectivity index (χ1v) is 7.50. The standard InChI is InChI=1S/C18H20FNO/c19-16-7-3-6-15(10-16)18(12-20)21-17-9-8-13-4-1-2-5-14(13)11-17/h3,6-11,18H,1-2,4-5,12,20H2. The first-order valence-electron chi connectivity index (χ1n) is 7.50. The Bertz CT molecular complexity index is 626. The van der Waals surface area contributed by atoms with E-state index in [1.807, 2.05) is 12.1 Å². The number of hydrogen-bond donors (Lipinski definition) is 1. The molecule has 0 bridgehead atoms. The second-order valence-electron chi connectivity index (χ2n) is 5.53. The van der Waals surface area contributed by atoms with Crippen LogP contribution in [0.1, 0.15) is 35.6 Å². The molecule has 21 heavy (non-hydrogen) atoms. The second-order valence-corrected chi connectivity index (χ2v) is 5.53. The van der Waals surface area contributed by atoms with Crippen molar-refractivity contribution in [2.75, 3.05) is 6.54 Å². The Balaban J connectivity index is 1.81. The second kappa shape index (κ2) is 6.27. The molecule has 0 saturated carbocycles. The van der Waals surface area contributed by atoms with Crippen LogP contribution < -0.4 is 10.5 Å². The average Bonchev–Trinajstić information content (AvgIpc) is 2.52. The number of ether oxygens (including phenoxy) is 1. The van der Waals surface area contributed by atoms with Crippen LogP contribution >= 0.6 is 0 Å². The third-order valence-electron chi connectivity index (χ3n) is 4.03. The molecule has 0 heterocycles. The minimum Gasteiger partial charge on any atom is -0.484 e. The van der Waals surface area contributed by atoms with Crippen molar-refractivity contribution in [1.29, 1.82) is 0 Å². The number of fused-ring (bicyclic) bond motifs is 1. The van der Waals surface area contributed by atoms with E-state index in [1.54, 1.807) is 6.07 Å². The molecule has 0 amide bonds. The maximum atomic E-state index is 13.3. The quantitative estimate of drug-likeness (QED) is 0.927. The zero-order chi connectivity index (χ0) is 14.7. The lowest BCUT2D eigenvalue weighted by atomic mass is 9.92. The van der Waals surface area contributed by atoms with E-state index in [4.69, 9.17) is 10.5 Å². The molecule has 1 aliphatic rings. The minimum absolute atomic E-state index is 0.264. The highest BCUT2D eigenvalue weighted by Crippen LogP contribution is 2.28. The van der Waals surface area contributed by atoms with Gasteiger partial charge in [-0.2, -0.15) is 0 Å². The highest BCUT2D eigenvalue weighted by molar-refractivity contribution is 5.37. The van der Waals surface area contributed by atoms with Crippen LogP contribution in [-0.2, 0) is 12.8 Å². The first kappa shape index (κ1) is 14.1. The summed E-state index contributed by atoms with van der Waals surface area (Å²) < 4.78 is 19.3. The molecule has 1 atom stereocenters. The molecule has 0 radical (unpaired) electrons. The van der Waals surface area contributed by atoms with Gasteiger partial charge in [-0.25, -0.2) is 4.39 Å². The predicted octanol–water partition coefficient (Wildman–Crippen LogP) is 3.78. The summed E-state index contributed by atoms with van der Waals surface area (Å²) in [4.78, 5) is 0. The number of nitrogens with two attached hydrogens (primary N) is 1. The summed E-state index contributed by atoms with van der Waals surface area (Å²) in [6.45, 7) is 0.320. The molecule has 3 heteroatoms. The third kappa shape index (κ3) is 3.24. The lowest BCUT2D eigenvalue weighted by molar-refractivity contribution is 0.213. The van der Waals surface area contributed by atoms with Crippen LogP contribution in [-0.4, -0.2) is 6.54 Å². The van der Waals surface area contributed by atoms with Crippen LogP contribution in [0.25, 0.3) is 0 Å². The van der Waals surface area contributed by atoms with Crippen molar-refractivity contribution in [3.05, 3.63) is 65.0 Å². The molecule has 2 nitrogen and oxygen atoms in total. The van der Waals surface area contributed by atoms with E-state index in [0.717, 1.165) is 24.2 Å². The molecule has 2 N–H and O–H groups in total. The van der Waals surface area contributed by atoms with Crippen molar-refractivity contribution in [3.63, 3.8) is 0 Å². The van der Waals surface area contributed by atoms with Gasteiger partial charge in [0.15, 0.2) is 0 Å². The van der Waals surface area contributed by atoms with Gasteiger partial charge in [0.2, 0.25) is 0 Å². The molecule has 0 saturated heterocycles. The van der Waals surface area contributed by atoms with E-state index in [0.29, 0.717) is 6.54 Å². The lowest BCUT2D eigenvalue weighted by Gasteiger charge is -2.21. The molecule has 2 aromatic carbocycles. The van der Waals surface area contributed by atoms with Crippen LogP contribution in [0.4, 0.5) is 4.39 Å². The van der Waals surface area contributed by atoms with E-state index in [1.165, 1.54) is 36.1 Å². The van der Waals surface area contributed by atoms with Gasteiger partial charge in [-0.3, -0.25) is 0 Å². The topological polar surface area (TPSA) is 35.2 Å². The van der Waals surface area contributed by atoms with Crippen molar-refractivity contribution in [2.45, 2.75) is 31.8 Å². The number of hydrogen-bond acceptors (Lipinski definition) is 2. The van der Waals surface area contributed by atoms with Crippen LogP contribution in [0, 0.1) is 5.82 Å². The van der Waals surface area contributed by atoms with Gasteiger partial charge in [-0.1, -0.05) is 18.2 Å². The number of halogens is 1. The Morgan fingerprint density at radius 3 is 2.62 bits per heavy atom. The summed E-state index contributed by atoms with van der Waals surface area (Å²) in [5, 5.41) is 0. The molecule has 3 rings (SSSR count). The first-order chi connectivity index (χ1) is 10.3. The van der Waals surface area contributed by atoms with Crippen molar-refractivity contribution in [1.82, 2.24) is 0 Å². The Morgan fingerprint density at radius 2 is 1.86 bits per heavy atom. The summed E-state index contributed by atoms with van der Waals surface area (Å²) in [5.74, 6) is 0.551. The van der Waals surface area contributed by atoms with Crippen molar-refractivity contribution in [2.24, 2.45) is 5.73 Å². The van der Waals surface area contributed by atoms with Crippen molar-refractivity contribution >= 4 is 0 Å². The van der Waals surface area contributed by atoms with Gasteiger partial charge < -0.3 is 10.5 Å². The summed E-state index contributed by atoms with van der Waals surface area (Å²) in [7, 11) is 0. The zero-order valence-corrected chi connectivity index (χ0v) is 12.0. The molecule has 0 aromatic heterocycles. The third-order valence-corrected chi connectivity index (χ3v) is 4.03. The fourth-order valence-electron chi connectivity index (χ4n) is 2.91. The van der Waals surface area contributed by atoms with Gasteiger partial charge in [-0.05, 0) is 66.6 Å². The van der Waals surface area contributed by atoms with Gasteiger partial charge in [-0.15, -0.1) is 0 Å². The maximum Gasteiger partial charge on any atom is 0.136 e. The molecule has 0 aliphatic heterocycles. The molecule has 0 spiro atoms. The SMILES string of the molecule is NCC(Oc1ccc2c(c1)CCCC2)c1cccc(F)c1. The molecule has 1 unspecified atom stereocenters. The van der Waals surface area contributed by atoms with Crippen LogP contribution in [0.2, 0.25) is 0 Å². The maximum absolute atomic E-state index is 13.3. The smallest absolute Gasteiger partial charge is 0.136 e. The Kier molecular flexibility index (Phi) is 4.20. The number of aryl methyl sites for hydroxylation is 2. The summed E-state index contributed by atoms with van der Waals surface area (Å²) >= 11 is 0. The fourth-order valence-corrected chi connectivity index (χ4v) is 2.91. The van der Waals surface area contributed by atoms with E-state index in [-0.39, 0.29) is 11.9 Å². The molecule has 1 aliphatic carbocycles. The monoisotopic (exact) mass is 285 g/mol. The highest BCUT2D eigenvalue weighted by atomic mass is 19.1. The molecular weight excluding hydrogens is 265 g/mol. The number of benzene rings is 2. The molecular formula is C18H20FNO. The van der Waals surface area contributed by atoms with Gasteiger partial charge in [0.05, 0.1) is 0 Å². The highest BCUT2D eigenvalue weighted by Gasteiger charge is 2.14. The van der Waals surface area contributed by atoms with Crippen molar-refractivity contribution in [3.8, 4) is 5.75 Å². The normalized spacial score (nSPS) is 15.3. The van der Waals surface area contributed by atoms with Crippen LogP contribution in [0.5, 0.6) is 5.75 Å². The summed E-state index contributed by atoms with van der Waals surface area (Å²) in [5.41, 5.74) is 9.36. The van der Waals surface area contributed by atoms with E-state index >= 15 is 0 Å². The molecule has 2 aromatic rings. The molecule has 0 fully saturated rings. The van der Waals surface area contributed by atoms with Gasteiger partial charge >= 0.3 is 0 Å². The minimum atomic E-state index is -0.317. The van der Waals surface area contributed by atoms with E-state index < -0.39 is 0 Å². The Labute approximate surface area is 124 Å². The van der Waals surface area contributed by atoms with Crippen LogP contribution in [0.15, 0.2) is 42.5 Å². The zero-order valence-electron chi connectivity index (χ0n) is 12.0. The van der Waals surface area contributed by atoms with Gasteiger partial charge in [0, 0.05) is 6.54 Å². The summed E-state index contributed by atoms with van der Waals surface area (Å²) in [6.07, 6.45) is 4.45. The van der Waals surface area contributed by atoms with E-state index in [2.05, 4.69) is 12.1 Å². The van der Waals surface area contributed by atoms with Crippen molar-refractivity contribution < 1.29 is 9.13 Å². The molecule has 110 valence electrons. The van der Waals surface area contributed by atoms with Crippen LogP contribution in [0.3, 0.4) is 0 Å². The van der Waals surface area contributed by atoms with Gasteiger partial charge in [0.25, 0.3) is 0 Å². The largest absolute Gasteiger partial charge is 0.484 e. The van der Waals surface area contributed by atoms with Gasteiger partial charge in [0.1, 0.15) is 17.7 Å². The predicted molar refractivity (Wildman–Crippen MR) is 81.9 cm³/mol. The Morgan fingerprint density at radius 1 is 1.05 bits per heavy atom. The fraction of sp³-hybridized carbons (Fsp3) is 0.333.